The Hall–Kier alpha value is -2.58. The minimum Gasteiger partial charge on any atom is -0.394 e. The van der Waals surface area contributed by atoms with Crippen molar-refractivity contribution in [3.8, 4) is 0 Å². The van der Waals surface area contributed by atoms with E-state index in [1.54, 1.807) is 18.6 Å². The molecule has 0 aliphatic carbocycles. The van der Waals surface area contributed by atoms with Crippen molar-refractivity contribution in [3.05, 3.63) is 64.8 Å². The summed E-state index contributed by atoms with van der Waals surface area (Å²) in [5.41, 5.74) is 1.19. The number of allylic oxidation sites excluding steroid dienone is 3. The number of nitrogens with zero attached hydrogens (tertiary/aromatic N) is 1. The minimum atomic E-state index is -1.77. The van der Waals surface area contributed by atoms with Crippen LogP contribution in [0.1, 0.15) is 24.3 Å². The molecule has 1 aromatic heterocycles. The third-order valence-corrected chi connectivity index (χ3v) is 4.03. The Balaban J connectivity index is 2.12. The van der Waals surface area contributed by atoms with Crippen molar-refractivity contribution in [2.24, 2.45) is 0 Å². The van der Waals surface area contributed by atoms with Crippen LogP contribution in [-0.2, 0) is 4.79 Å². The number of nitrogens with one attached hydrogen (secondary N) is 2. The summed E-state index contributed by atoms with van der Waals surface area (Å²) in [6.07, 6.45) is 3.66. The number of hydrogen-bond acceptors (Lipinski definition) is 5. The van der Waals surface area contributed by atoms with Crippen LogP contribution in [0, 0.1) is 11.6 Å². The quantitative estimate of drug-likeness (QED) is 0.687. The molecular formula is C17H17F2N3O2S. The topological polar surface area (TPSA) is 74.2 Å². The fraction of sp³-hybridized carbons (Fsp3) is 0.176. The maximum Gasteiger partial charge on any atom is 0.259 e. The van der Waals surface area contributed by atoms with E-state index in [0.29, 0.717) is 11.8 Å². The number of carbonyl (C=O) groups is 1. The molecule has 0 saturated carbocycles. The number of halogens is 2. The second-order valence-corrected chi connectivity index (χ2v) is 5.82. The van der Waals surface area contributed by atoms with Gasteiger partial charge in [0.2, 0.25) is 0 Å². The summed E-state index contributed by atoms with van der Waals surface area (Å²) >= 11 is 1.17. The fourth-order valence-electron chi connectivity index (χ4n) is 2.00. The number of aliphatic hydroxyl groups is 1. The molecule has 1 unspecified atom stereocenters. The molecule has 1 heterocycles. The van der Waals surface area contributed by atoms with Crippen LogP contribution in [0.15, 0.2) is 41.9 Å². The standard InChI is InChI=1S/C17H17F2N3O2S/c1-3-10(6-7-20-2)14-9-25-17(21-14)22-16(24)15(23)12-5-4-11(18)8-13(12)19/h3-9,15,20,23H,1-2H3,(H,21,22,24)/b7-6-,10-3+. The normalized spacial score (nSPS) is 13.1. The van der Waals surface area contributed by atoms with E-state index in [1.165, 1.54) is 11.3 Å². The molecule has 0 fully saturated rings. The Kier molecular flexibility index (Phi) is 6.37. The van der Waals surface area contributed by atoms with Gasteiger partial charge in [-0.1, -0.05) is 12.1 Å². The number of benzene rings is 1. The first kappa shape index (κ1) is 18.8. The second-order valence-electron chi connectivity index (χ2n) is 4.96. The molecule has 0 radical (unpaired) electrons. The summed E-state index contributed by atoms with van der Waals surface area (Å²) < 4.78 is 26.6. The number of hydrogen-bond donors (Lipinski definition) is 3. The minimum absolute atomic E-state index is 0.263. The molecule has 1 aromatic carbocycles. The maximum absolute atomic E-state index is 13.7. The first-order chi connectivity index (χ1) is 12.0. The summed E-state index contributed by atoms with van der Waals surface area (Å²) in [5.74, 6) is -2.62. The first-order valence-corrected chi connectivity index (χ1v) is 8.24. The fourth-order valence-corrected chi connectivity index (χ4v) is 2.73. The van der Waals surface area contributed by atoms with Gasteiger partial charge in [0.05, 0.1) is 5.69 Å². The van der Waals surface area contributed by atoms with Crippen LogP contribution in [0.4, 0.5) is 13.9 Å². The average Bonchev–Trinajstić information content (AvgIpc) is 3.03. The maximum atomic E-state index is 13.7. The highest BCUT2D eigenvalue weighted by Gasteiger charge is 2.22. The van der Waals surface area contributed by atoms with Gasteiger partial charge in [0.1, 0.15) is 11.6 Å². The zero-order chi connectivity index (χ0) is 18.4. The van der Waals surface area contributed by atoms with Crippen LogP contribution in [0.5, 0.6) is 0 Å². The van der Waals surface area contributed by atoms with E-state index in [1.807, 2.05) is 19.1 Å². The molecule has 5 nitrogen and oxygen atoms in total. The summed E-state index contributed by atoms with van der Waals surface area (Å²) in [4.78, 5) is 16.3. The predicted octanol–water partition coefficient (Wildman–Crippen LogP) is 3.23. The number of thiazole rings is 1. The number of carbonyl (C=O) groups excluding carboxylic acids is 1. The zero-order valence-electron chi connectivity index (χ0n) is 13.6. The van der Waals surface area contributed by atoms with Crippen LogP contribution in [0.25, 0.3) is 5.57 Å². The molecule has 0 aliphatic rings. The molecule has 25 heavy (non-hydrogen) atoms. The summed E-state index contributed by atoms with van der Waals surface area (Å²) in [6, 6.07) is 2.62. The van der Waals surface area contributed by atoms with Gasteiger partial charge in [-0.2, -0.15) is 0 Å². The molecule has 1 atom stereocenters. The second kappa shape index (κ2) is 8.50. The summed E-state index contributed by atoms with van der Waals surface area (Å²) in [6.45, 7) is 1.86. The van der Waals surface area contributed by atoms with Crippen LogP contribution >= 0.6 is 11.3 Å². The highest BCUT2D eigenvalue weighted by atomic mass is 32.1. The van der Waals surface area contributed by atoms with Crippen molar-refractivity contribution in [1.82, 2.24) is 10.3 Å². The van der Waals surface area contributed by atoms with E-state index in [-0.39, 0.29) is 10.7 Å². The Bertz CT molecular complexity index is 818. The largest absolute Gasteiger partial charge is 0.394 e. The molecule has 3 N–H and O–H groups in total. The van der Waals surface area contributed by atoms with Gasteiger partial charge in [-0.05, 0) is 30.8 Å². The van der Waals surface area contributed by atoms with Crippen LogP contribution in [0.2, 0.25) is 0 Å². The molecule has 2 rings (SSSR count). The predicted molar refractivity (Wildman–Crippen MR) is 93.9 cm³/mol. The van der Waals surface area contributed by atoms with Gasteiger partial charge >= 0.3 is 0 Å². The molecule has 8 heteroatoms. The SMILES string of the molecule is C/C=C(\C=C/NC)c1csc(NC(=O)C(O)c2ccc(F)cc2F)n1. The van der Waals surface area contributed by atoms with E-state index in [0.717, 1.165) is 17.7 Å². The van der Waals surface area contributed by atoms with E-state index in [4.69, 9.17) is 0 Å². The lowest BCUT2D eigenvalue weighted by molar-refractivity contribution is -0.124. The molecular weight excluding hydrogens is 348 g/mol. The van der Waals surface area contributed by atoms with Crippen molar-refractivity contribution >= 4 is 27.9 Å². The van der Waals surface area contributed by atoms with E-state index in [2.05, 4.69) is 15.6 Å². The molecule has 0 aliphatic heterocycles. The summed E-state index contributed by atoms with van der Waals surface area (Å²) in [7, 11) is 1.77. The number of aliphatic hydroxyl groups excluding tert-OH is 1. The lowest BCUT2D eigenvalue weighted by Gasteiger charge is -2.11. The smallest absolute Gasteiger partial charge is 0.259 e. The van der Waals surface area contributed by atoms with Gasteiger partial charge in [-0.3, -0.25) is 10.1 Å². The van der Waals surface area contributed by atoms with Crippen LogP contribution in [0.3, 0.4) is 0 Å². The van der Waals surface area contributed by atoms with Gasteiger partial charge in [-0.25, -0.2) is 13.8 Å². The van der Waals surface area contributed by atoms with E-state index in [9.17, 15) is 18.7 Å². The Morgan fingerprint density at radius 3 is 2.80 bits per heavy atom. The lowest BCUT2D eigenvalue weighted by Crippen LogP contribution is -2.21. The van der Waals surface area contributed by atoms with Gasteiger partial charge in [0.25, 0.3) is 5.91 Å². The van der Waals surface area contributed by atoms with Gasteiger partial charge < -0.3 is 10.4 Å². The highest BCUT2D eigenvalue weighted by Crippen LogP contribution is 2.24. The molecule has 1 amide bonds. The van der Waals surface area contributed by atoms with Crippen molar-refractivity contribution in [1.29, 1.82) is 0 Å². The molecule has 2 aromatic rings. The number of rotatable bonds is 6. The molecule has 0 bridgehead atoms. The summed E-state index contributed by atoms with van der Waals surface area (Å²) in [5, 5.41) is 17.3. The Morgan fingerprint density at radius 1 is 1.40 bits per heavy atom. The Labute approximate surface area is 147 Å². The van der Waals surface area contributed by atoms with Gasteiger partial charge in [-0.15, -0.1) is 11.3 Å². The average molecular weight is 365 g/mol. The van der Waals surface area contributed by atoms with E-state index >= 15 is 0 Å². The third-order valence-electron chi connectivity index (χ3n) is 3.28. The number of amides is 1. The van der Waals surface area contributed by atoms with Gasteiger partial charge in [0, 0.05) is 24.1 Å². The van der Waals surface area contributed by atoms with Crippen molar-refractivity contribution in [2.75, 3.05) is 12.4 Å². The van der Waals surface area contributed by atoms with Crippen molar-refractivity contribution in [2.45, 2.75) is 13.0 Å². The number of anilines is 1. The molecule has 0 saturated heterocycles. The van der Waals surface area contributed by atoms with Crippen LogP contribution in [-0.4, -0.2) is 23.0 Å². The highest BCUT2D eigenvalue weighted by molar-refractivity contribution is 7.14. The third kappa shape index (κ3) is 4.71. The molecule has 132 valence electrons. The lowest BCUT2D eigenvalue weighted by atomic mass is 10.1. The first-order valence-electron chi connectivity index (χ1n) is 7.36. The zero-order valence-corrected chi connectivity index (χ0v) is 14.4. The van der Waals surface area contributed by atoms with Crippen molar-refractivity contribution in [3.63, 3.8) is 0 Å². The van der Waals surface area contributed by atoms with Crippen LogP contribution < -0.4 is 10.6 Å². The van der Waals surface area contributed by atoms with Gasteiger partial charge in [0.15, 0.2) is 11.2 Å². The van der Waals surface area contributed by atoms with E-state index < -0.39 is 23.6 Å². The monoisotopic (exact) mass is 365 g/mol. The molecule has 0 spiro atoms. The number of aromatic nitrogens is 1. The Morgan fingerprint density at radius 2 is 2.16 bits per heavy atom. The van der Waals surface area contributed by atoms with Crippen molar-refractivity contribution < 1.29 is 18.7 Å².